The Labute approximate surface area is 179 Å². The van der Waals surface area contributed by atoms with Crippen LogP contribution in [0.3, 0.4) is 0 Å². The second-order valence-corrected chi connectivity index (χ2v) is 6.42. The van der Waals surface area contributed by atoms with Gasteiger partial charge < -0.3 is 18.9 Å². The third-order valence-corrected chi connectivity index (χ3v) is 4.41. The molecule has 2 rings (SSSR count). The van der Waals surface area contributed by atoms with Gasteiger partial charge in [0, 0.05) is 5.56 Å². The molecule has 5 nitrogen and oxygen atoms in total. The predicted octanol–water partition coefficient (Wildman–Crippen LogP) is 5.74. The van der Waals surface area contributed by atoms with Crippen molar-refractivity contribution >= 4 is 11.9 Å². The Morgan fingerprint density at radius 2 is 1.33 bits per heavy atom. The highest BCUT2D eigenvalue weighted by Crippen LogP contribution is 2.38. The van der Waals surface area contributed by atoms with Crippen LogP contribution < -0.4 is 18.9 Å². The van der Waals surface area contributed by atoms with Crippen molar-refractivity contribution in [1.29, 1.82) is 0 Å². The maximum Gasteiger partial charge on any atom is 0.193 e. The summed E-state index contributed by atoms with van der Waals surface area (Å²) in [5.74, 6) is 1.95. The lowest BCUT2D eigenvalue weighted by Crippen LogP contribution is -2.08. The van der Waals surface area contributed by atoms with Gasteiger partial charge in [-0.15, -0.1) is 0 Å². The molecule has 0 heterocycles. The van der Waals surface area contributed by atoms with Gasteiger partial charge in [-0.05, 0) is 76.1 Å². The highest BCUT2D eigenvalue weighted by molar-refractivity contribution is 6.11. The fraction of sp³-hybridized carbons (Fsp3) is 0.400. The van der Waals surface area contributed by atoms with Crippen molar-refractivity contribution in [2.45, 2.75) is 41.0 Å². The second kappa shape index (κ2) is 11.9. The monoisotopic (exact) mass is 412 g/mol. The number of benzene rings is 2. The minimum Gasteiger partial charge on any atom is -0.493 e. The van der Waals surface area contributed by atoms with E-state index in [2.05, 4.69) is 6.92 Å². The molecule has 0 aromatic heterocycles. The van der Waals surface area contributed by atoms with Crippen LogP contribution in [0.4, 0.5) is 0 Å². The Bertz CT molecular complexity index is 870. The van der Waals surface area contributed by atoms with Gasteiger partial charge in [0.05, 0.1) is 26.4 Å². The third kappa shape index (κ3) is 5.78. The summed E-state index contributed by atoms with van der Waals surface area (Å²) in [7, 11) is 0. The smallest absolute Gasteiger partial charge is 0.193 e. The van der Waals surface area contributed by atoms with E-state index in [1.54, 1.807) is 18.2 Å². The van der Waals surface area contributed by atoms with E-state index in [1.807, 2.05) is 45.9 Å². The first-order valence-electron chi connectivity index (χ1n) is 10.6. The zero-order valence-electron chi connectivity index (χ0n) is 18.6. The molecule has 0 fully saturated rings. The molecule has 0 bridgehead atoms. The van der Waals surface area contributed by atoms with Gasteiger partial charge >= 0.3 is 0 Å². The SMILES string of the molecule is CCOc1ccc(CC)cc1/C=C/C(=O)c1c(OCC)ccc(OCC)c1OCC. The van der Waals surface area contributed by atoms with Gasteiger partial charge in [-0.25, -0.2) is 0 Å². The average Bonchev–Trinajstić information content (AvgIpc) is 2.75. The topological polar surface area (TPSA) is 54.0 Å². The van der Waals surface area contributed by atoms with Crippen molar-refractivity contribution in [3.8, 4) is 23.0 Å². The van der Waals surface area contributed by atoms with Crippen LogP contribution in [0.15, 0.2) is 36.4 Å². The number of carbonyl (C=O) groups is 1. The number of ether oxygens (including phenoxy) is 4. The van der Waals surface area contributed by atoms with Crippen LogP contribution in [0, 0.1) is 0 Å². The predicted molar refractivity (Wildman–Crippen MR) is 120 cm³/mol. The van der Waals surface area contributed by atoms with Crippen LogP contribution in [0.2, 0.25) is 0 Å². The van der Waals surface area contributed by atoms with Crippen molar-refractivity contribution in [1.82, 2.24) is 0 Å². The molecule has 162 valence electrons. The van der Waals surface area contributed by atoms with E-state index < -0.39 is 0 Å². The number of aryl methyl sites for hydroxylation is 1. The van der Waals surface area contributed by atoms with Crippen molar-refractivity contribution in [2.24, 2.45) is 0 Å². The fourth-order valence-corrected chi connectivity index (χ4v) is 3.10. The second-order valence-electron chi connectivity index (χ2n) is 6.42. The number of hydrogen-bond donors (Lipinski definition) is 0. The molecule has 2 aromatic carbocycles. The van der Waals surface area contributed by atoms with Gasteiger partial charge in [0.15, 0.2) is 17.3 Å². The molecule has 2 aromatic rings. The van der Waals surface area contributed by atoms with E-state index in [1.165, 1.54) is 11.6 Å². The normalized spacial score (nSPS) is 10.8. The van der Waals surface area contributed by atoms with Gasteiger partial charge in [0.25, 0.3) is 0 Å². The maximum atomic E-state index is 13.2. The average molecular weight is 413 g/mol. The van der Waals surface area contributed by atoms with Gasteiger partial charge in [-0.2, -0.15) is 0 Å². The Hall–Kier alpha value is -2.95. The zero-order valence-corrected chi connectivity index (χ0v) is 18.6. The summed E-state index contributed by atoms with van der Waals surface area (Å²) >= 11 is 0. The van der Waals surface area contributed by atoms with Crippen molar-refractivity contribution in [2.75, 3.05) is 26.4 Å². The van der Waals surface area contributed by atoms with Crippen molar-refractivity contribution in [3.05, 3.63) is 53.1 Å². The highest BCUT2D eigenvalue weighted by atomic mass is 16.5. The highest BCUT2D eigenvalue weighted by Gasteiger charge is 2.22. The van der Waals surface area contributed by atoms with Crippen molar-refractivity contribution < 1.29 is 23.7 Å². The molecule has 0 saturated heterocycles. The van der Waals surface area contributed by atoms with Crippen LogP contribution >= 0.6 is 0 Å². The van der Waals surface area contributed by atoms with Crippen LogP contribution in [-0.4, -0.2) is 32.2 Å². The first-order valence-corrected chi connectivity index (χ1v) is 10.6. The summed E-state index contributed by atoms with van der Waals surface area (Å²) in [6.45, 7) is 11.6. The van der Waals surface area contributed by atoms with Gasteiger partial charge in [0.2, 0.25) is 0 Å². The molecule has 5 heteroatoms. The molecule has 0 aliphatic carbocycles. The number of allylic oxidation sites excluding steroid dienone is 1. The number of ketones is 1. The summed E-state index contributed by atoms with van der Waals surface area (Å²) in [6, 6.07) is 9.55. The van der Waals surface area contributed by atoms with E-state index in [0.717, 1.165) is 17.7 Å². The number of hydrogen-bond acceptors (Lipinski definition) is 5. The molecule has 0 aliphatic heterocycles. The minimum absolute atomic E-state index is 0.215. The summed E-state index contributed by atoms with van der Waals surface area (Å²) in [6.07, 6.45) is 4.22. The fourth-order valence-electron chi connectivity index (χ4n) is 3.10. The number of rotatable bonds is 12. The van der Waals surface area contributed by atoms with E-state index in [0.29, 0.717) is 49.2 Å². The maximum absolute atomic E-state index is 13.2. The molecule has 0 atom stereocenters. The Kier molecular flexibility index (Phi) is 9.26. The lowest BCUT2D eigenvalue weighted by atomic mass is 10.0. The molecule has 0 saturated carbocycles. The molecule has 0 N–H and O–H groups in total. The van der Waals surface area contributed by atoms with Crippen LogP contribution in [0.5, 0.6) is 23.0 Å². The van der Waals surface area contributed by atoms with Gasteiger partial charge in [0.1, 0.15) is 17.1 Å². The lowest BCUT2D eigenvalue weighted by Gasteiger charge is -2.17. The zero-order chi connectivity index (χ0) is 21.9. The van der Waals surface area contributed by atoms with E-state index in [-0.39, 0.29) is 5.78 Å². The molecule has 0 spiro atoms. The first-order chi connectivity index (χ1) is 14.6. The van der Waals surface area contributed by atoms with Gasteiger partial charge in [-0.1, -0.05) is 13.0 Å². The van der Waals surface area contributed by atoms with E-state index in [4.69, 9.17) is 18.9 Å². The summed E-state index contributed by atoms with van der Waals surface area (Å²) in [4.78, 5) is 13.2. The molecule has 0 aliphatic rings. The van der Waals surface area contributed by atoms with E-state index in [9.17, 15) is 4.79 Å². The molecular formula is C25H32O5. The quantitative estimate of drug-likeness (QED) is 0.329. The largest absolute Gasteiger partial charge is 0.493 e. The lowest BCUT2D eigenvalue weighted by molar-refractivity contribution is 0.103. The van der Waals surface area contributed by atoms with E-state index >= 15 is 0 Å². The minimum atomic E-state index is -0.215. The standard InChI is InChI=1S/C25H32O5/c1-6-18-11-14-21(27-7-2)19(17-18)12-13-20(26)24-22(28-8-3)15-16-23(29-9-4)25(24)30-10-5/h11-17H,6-10H2,1-5H3/b13-12+. The van der Waals surface area contributed by atoms with Crippen LogP contribution in [0.1, 0.15) is 56.1 Å². The molecule has 0 radical (unpaired) electrons. The number of carbonyl (C=O) groups excluding carboxylic acids is 1. The molecule has 30 heavy (non-hydrogen) atoms. The Morgan fingerprint density at radius 1 is 0.767 bits per heavy atom. The van der Waals surface area contributed by atoms with Crippen LogP contribution in [0.25, 0.3) is 6.08 Å². The molecular weight excluding hydrogens is 380 g/mol. The molecule has 0 amide bonds. The third-order valence-electron chi connectivity index (χ3n) is 4.41. The van der Waals surface area contributed by atoms with Gasteiger partial charge in [-0.3, -0.25) is 4.79 Å². The summed E-state index contributed by atoms with van der Waals surface area (Å²) in [5.41, 5.74) is 2.40. The first kappa shape index (κ1) is 23.3. The Morgan fingerprint density at radius 3 is 1.97 bits per heavy atom. The Balaban J connectivity index is 2.50. The summed E-state index contributed by atoms with van der Waals surface area (Å²) < 4.78 is 22.9. The summed E-state index contributed by atoms with van der Waals surface area (Å²) in [5, 5.41) is 0. The van der Waals surface area contributed by atoms with Crippen LogP contribution in [-0.2, 0) is 6.42 Å². The molecule has 0 unspecified atom stereocenters. The van der Waals surface area contributed by atoms with Crippen molar-refractivity contribution in [3.63, 3.8) is 0 Å².